The van der Waals surface area contributed by atoms with Crippen molar-refractivity contribution >= 4 is 10.2 Å². The molecule has 0 aromatic carbocycles. The number of hydrogen-bond donors (Lipinski definition) is 2. The second-order valence-electron chi connectivity index (χ2n) is 5.58. The minimum absolute atomic E-state index is 0.0281. The number of hydrogen-bond acceptors (Lipinski definition) is 3. The van der Waals surface area contributed by atoms with Crippen molar-refractivity contribution < 1.29 is 8.42 Å². The fraction of sp³-hybridized carbons (Fsp3) is 1.00. The third-order valence-electron chi connectivity index (χ3n) is 3.65. The van der Waals surface area contributed by atoms with Crippen LogP contribution in [-0.2, 0) is 10.2 Å². The fourth-order valence-electron chi connectivity index (χ4n) is 2.15. The number of nitrogens with one attached hydrogen (secondary N) is 2. The van der Waals surface area contributed by atoms with Gasteiger partial charge < -0.3 is 5.32 Å². The van der Waals surface area contributed by atoms with Crippen molar-refractivity contribution in [3.63, 3.8) is 0 Å². The summed E-state index contributed by atoms with van der Waals surface area (Å²) in [4.78, 5) is 0. The lowest BCUT2D eigenvalue weighted by Crippen LogP contribution is -2.50. The summed E-state index contributed by atoms with van der Waals surface area (Å²) in [7, 11) is -1.41. The van der Waals surface area contributed by atoms with Crippen LogP contribution in [0.4, 0.5) is 0 Å². The van der Waals surface area contributed by atoms with Crippen molar-refractivity contribution in [3.8, 4) is 0 Å². The van der Waals surface area contributed by atoms with Crippen molar-refractivity contribution in [3.05, 3.63) is 0 Å². The van der Waals surface area contributed by atoms with Gasteiger partial charge >= 0.3 is 0 Å². The standard InChI is InChI=1S/C12H27N3O2S/c1-10(2)11(3)14-18(16,17)15-7-5-6-12(9-15)8-13-4/h10-14H,5-9H2,1-4H3. The smallest absolute Gasteiger partial charge is 0.279 e. The van der Waals surface area contributed by atoms with E-state index in [1.807, 2.05) is 27.8 Å². The zero-order valence-corrected chi connectivity index (χ0v) is 12.8. The summed E-state index contributed by atoms with van der Waals surface area (Å²) in [5.41, 5.74) is 0. The minimum Gasteiger partial charge on any atom is -0.319 e. The van der Waals surface area contributed by atoms with E-state index >= 15 is 0 Å². The zero-order valence-electron chi connectivity index (χ0n) is 11.9. The molecule has 1 aliphatic rings. The average molecular weight is 277 g/mol. The Balaban J connectivity index is 2.61. The van der Waals surface area contributed by atoms with E-state index in [4.69, 9.17) is 0 Å². The molecule has 18 heavy (non-hydrogen) atoms. The minimum atomic E-state index is -3.32. The van der Waals surface area contributed by atoms with Crippen molar-refractivity contribution in [1.82, 2.24) is 14.3 Å². The number of nitrogens with zero attached hydrogens (tertiary/aromatic N) is 1. The van der Waals surface area contributed by atoms with E-state index in [1.54, 1.807) is 4.31 Å². The molecular weight excluding hydrogens is 250 g/mol. The quantitative estimate of drug-likeness (QED) is 0.755. The first kappa shape index (κ1) is 15.9. The van der Waals surface area contributed by atoms with Gasteiger partial charge in [0.15, 0.2) is 0 Å². The molecule has 0 aromatic heterocycles. The third-order valence-corrected chi connectivity index (χ3v) is 5.33. The molecule has 5 nitrogen and oxygen atoms in total. The highest BCUT2D eigenvalue weighted by atomic mass is 32.2. The summed E-state index contributed by atoms with van der Waals surface area (Å²) in [6, 6.07) is -0.0281. The fourth-order valence-corrected chi connectivity index (χ4v) is 3.81. The molecule has 1 rings (SSSR count). The molecule has 2 unspecified atom stereocenters. The van der Waals surface area contributed by atoms with Crippen LogP contribution >= 0.6 is 0 Å². The van der Waals surface area contributed by atoms with Crippen LogP contribution < -0.4 is 10.0 Å². The van der Waals surface area contributed by atoms with Crippen molar-refractivity contribution in [2.45, 2.75) is 39.7 Å². The molecule has 0 bridgehead atoms. The highest BCUT2D eigenvalue weighted by Gasteiger charge is 2.29. The van der Waals surface area contributed by atoms with Crippen molar-refractivity contribution in [1.29, 1.82) is 0 Å². The van der Waals surface area contributed by atoms with E-state index in [2.05, 4.69) is 10.0 Å². The van der Waals surface area contributed by atoms with E-state index in [-0.39, 0.29) is 6.04 Å². The van der Waals surface area contributed by atoms with Gasteiger partial charge in [0, 0.05) is 19.1 Å². The van der Waals surface area contributed by atoms with Gasteiger partial charge in [0.25, 0.3) is 10.2 Å². The maximum atomic E-state index is 12.2. The van der Waals surface area contributed by atoms with Crippen LogP contribution in [0, 0.1) is 11.8 Å². The SMILES string of the molecule is CNCC1CCCN(S(=O)(=O)NC(C)C(C)C)C1. The molecule has 0 aromatic rings. The Bertz CT molecular complexity index is 341. The third kappa shape index (κ3) is 4.50. The highest BCUT2D eigenvalue weighted by Crippen LogP contribution is 2.18. The summed E-state index contributed by atoms with van der Waals surface area (Å²) >= 11 is 0. The van der Waals surface area contributed by atoms with E-state index < -0.39 is 10.2 Å². The average Bonchev–Trinajstić information content (AvgIpc) is 2.29. The highest BCUT2D eigenvalue weighted by molar-refractivity contribution is 7.87. The summed E-state index contributed by atoms with van der Waals surface area (Å²) < 4.78 is 28.8. The lowest BCUT2D eigenvalue weighted by molar-refractivity contribution is 0.258. The molecule has 2 atom stereocenters. The Kier molecular flexibility index (Phi) is 6.04. The van der Waals surface area contributed by atoms with Crippen LogP contribution in [0.3, 0.4) is 0 Å². The van der Waals surface area contributed by atoms with E-state index in [9.17, 15) is 8.42 Å². The van der Waals surface area contributed by atoms with Gasteiger partial charge in [-0.25, -0.2) is 0 Å². The summed E-state index contributed by atoms with van der Waals surface area (Å²) in [6.45, 7) is 8.10. The Morgan fingerprint density at radius 3 is 2.56 bits per heavy atom. The molecule has 108 valence electrons. The normalized spacial score (nSPS) is 24.4. The Labute approximate surface area is 112 Å². The van der Waals surface area contributed by atoms with E-state index in [1.165, 1.54) is 0 Å². The topological polar surface area (TPSA) is 61.4 Å². The molecule has 1 heterocycles. The van der Waals surface area contributed by atoms with Gasteiger partial charge in [0.1, 0.15) is 0 Å². The van der Waals surface area contributed by atoms with E-state index in [0.29, 0.717) is 24.9 Å². The molecule has 0 saturated carbocycles. The van der Waals surface area contributed by atoms with Crippen molar-refractivity contribution in [2.24, 2.45) is 11.8 Å². The molecule has 0 spiro atoms. The zero-order chi connectivity index (χ0) is 13.8. The molecule has 1 fully saturated rings. The predicted molar refractivity (Wildman–Crippen MR) is 74.6 cm³/mol. The summed E-state index contributed by atoms with van der Waals surface area (Å²) in [6.07, 6.45) is 2.05. The molecule has 6 heteroatoms. The monoisotopic (exact) mass is 277 g/mol. The second kappa shape index (κ2) is 6.84. The molecule has 1 saturated heterocycles. The van der Waals surface area contributed by atoms with Gasteiger partial charge in [-0.15, -0.1) is 0 Å². The maximum absolute atomic E-state index is 12.2. The first-order chi connectivity index (χ1) is 8.36. The van der Waals surface area contributed by atoms with Crippen LogP contribution in [0.5, 0.6) is 0 Å². The van der Waals surface area contributed by atoms with Crippen LogP contribution in [0.15, 0.2) is 0 Å². The Morgan fingerprint density at radius 2 is 2.00 bits per heavy atom. The molecule has 0 radical (unpaired) electrons. The molecule has 2 N–H and O–H groups in total. The Hall–Kier alpha value is -0.170. The van der Waals surface area contributed by atoms with Gasteiger partial charge in [-0.2, -0.15) is 17.4 Å². The molecule has 0 aliphatic carbocycles. The lowest BCUT2D eigenvalue weighted by atomic mass is 10.00. The summed E-state index contributed by atoms with van der Waals surface area (Å²) in [5, 5.41) is 3.13. The van der Waals surface area contributed by atoms with Gasteiger partial charge in [0.2, 0.25) is 0 Å². The predicted octanol–water partition coefficient (Wildman–Crippen LogP) is 0.797. The second-order valence-corrected chi connectivity index (χ2v) is 7.28. The number of piperidine rings is 1. The van der Waals surface area contributed by atoms with Gasteiger partial charge in [0.05, 0.1) is 0 Å². The molecular formula is C12H27N3O2S. The lowest BCUT2D eigenvalue weighted by Gasteiger charge is -2.33. The number of rotatable bonds is 6. The van der Waals surface area contributed by atoms with Crippen LogP contribution in [0.25, 0.3) is 0 Å². The van der Waals surface area contributed by atoms with Crippen molar-refractivity contribution in [2.75, 3.05) is 26.7 Å². The molecule has 0 amide bonds. The first-order valence-electron chi connectivity index (χ1n) is 6.78. The van der Waals surface area contributed by atoms with Gasteiger partial charge in [-0.05, 0) is 45.2 Å². The van der Waals surface area contributed by atoms with Crippen LogP contribution in [0.2, 0.25) is 0 Å². The first-order valence-corrected chi connectivity index (χ1v) is 8.22. The summed E-state index contributed by atoms with van der Waals surface area (Å²) in [5.74, 6) is 0.729. The molecule has 1 aliphatic heterocycles. The largest absolute Gasteiger partial charge is 0.319 e. The van der Waals surface area contributed by atoms with E-state index in [0.717, 1.165) is 19.4 Å². The van der Waals surface area contributed by atoms with Crippen LogP contribution in [-0.4, -0.2) is 45.4 Å². The van der Waals surface area contributed by atoms with Gasteiger partial charge in [-0.1, -0.05) is 13.8 Å². The Morgan fingerprint density at radius 1 is 1.33 bits per heavy atom. The maximum Gasteiger partial charge on any atom is 0.279 e. The van der Waals surface area contributed by atoms with Crippen LogP contribution in [0.1, 0.15) is 33.6 Å². The van der Waals surface area contributed by atoms with Gasteiger partial charge in [-0.3, -0.25) is 0 Å².